The van der Waals surface area contributed by atoms with E-state index < -0.39 is 6.36 Å². The maximum absolute atomic E-state index is 12.1. The summed E-state index contributed by atoms with van der Waals surface area (Å²) in [5, 5.41) is 0. The summed E-state index contributed by atoms with van der Waals surface area (Å²) in [6, 6.07) is 5.44. The van der Waals surface area contributed by atoms with Crippen LogP contribution in [0.1, 0.15) is 12.5 Å². The zero-order valence-corrected chi connectivity index (χ0v) is 10.4. The zero-order valence-electron chi connectivity index (χ0n) is 10.4. The van der Waals surface area contributed by atoms with Gasteiger partial charge in [-0.3, -0.25) is 4.99 Å². The Balaban J connectivity index is 2.24. The van der Waals surface area contributed by atoms with Gasteiger partial charge in [0.05, 0.1) is 5.69 Å². The van der Waals surface area contributed by atoms with E-state index in [4.69, 9.17) is 0 Å². The van der Waals surface area contributed by atoms with E-state index in [-0.39, 0.29) is 5.75 Å². The lowest BCUT2D eigenvalue weighted by atomic mass is 10.2. The molecule has 0 radical (unpaired) electrons. The minimum Gasteiger partial charge on any atom is -0.406 e. The normalized spacial score (nSPS) is 12.3. The average molecular weight is 281 g/mol. The second-order valence-electron chi connectivity index (χ2n) is 3.87. The van der Waals surface area contributed by atoms with Gasteiger partial charge >= 0.3 is 6.36 Å². The Labute approximate surface area is 113 Å². The van der Waals surface area contributed by atoms with Crippen LogP contribution in [0, 0.1) is 0 Å². The molecule has 1 heterocycles. The summed E-state index contributed by atoms with van der Waals surface area (Å²) in [7, 11) is 0. The van der Waals surface area contributed by atoms with Gasteiger partial charge < -0.3 is 4.74 Å². The predicted molar refractivity (Wildman–Crippen MR) is 67.0 cm³/mol. The number of alkyl halides is 3. The lowest BCUT2D eigenvalue weighted by Crippen LogP contribution is -2.16. The van der Waals surface area contributed by atoms with E-state index in [2.05, 4.69) is 19.7 Å². The van der Waals surface area contributed by atoms with E-state index >= 15 is 0 Å². The molecule has 104 valence electrons. The quantitative estimate of drug-likeness (QED) is 0.809. The van der Waals surface area contributed by atoms with Crippen LogP contribution < -0.4 is 4.74 Å². The van der Waals surface area contributed by atoms with Crippen LogP contribution in [0.2, 0.25) is 0 Å². The zero-order chi connectivity index (χ0) is 14.6. The van der Waals surface area contributed by atoms with Gasteiger partial charge in [0.15, 0.2) is 0 Å². The van der Waals surface area contributed by atoms with Crippen LogP contribution in [0.25, 0.3) is 0 Å². The first kappa shape index (κ1) is 14.0. The van der Waals surface area contributed by atoms with Crippen LogP contribution in [-0.4, -0.2) is 22.0 Å². The van der Waals surface area contributed by atoms with Crippen molar-refractivity contribution in [1.82, 2.24) is 9.97 Å². The van der Waals surface area contributed by atoms with Crippen molar-refractivity contribution in [1.29, 1.82) is 0 Å². The Morgan fingerprint density at radius 1 is 1.20 bits per heavy atom. The largest absolute Gasteiger partial charge is 0.573 e. The van der Waals surface area contributed by atoms with Crippen LogP contribution in [0.4, 0.5) is 18.9 Å². The third-order valence-electron chi connectivity index (χ3n) is 2.33. The predicted octanol–water partition coefficient (Wildman–Crippen LogP) is 3.52. The molecule has 0 aliphatic carbocycles. The molecule has 0 aliphatic heterocycles. The minimum atomic E-state index is -4.72. The summed E-state index contributed by atoms with van der Waals surface area (Å²) in [6.45, 7) is 1.72. The van der Waals surface area contributed by atoms with Gasteiger partial charge in [0.25, 0.3) is 0 Å². The summed E-state index contributed by atoms with van der Waals surface area (Å²) in [5.41, 5.74) is 1.64. The number of hydrogen-bond donors (Lipinski definition) is 0. The summed E-state index contributed by atoms with van der Waals surface area (Å²) in [5.74, 6) is -0.309. The van der Waals surface area contributed by atoms with Crippen molar-refractivity contribution in [2.24, 2.45) is 4.99 Å². The second kappa shape index (κ2) is 5.68. The first-order valence-corrected chi connectivity index (χ1v) is 5.60. The van der Waals surface area contributed by atoms with Gasteiger partial charge in [0.1, 0.15) is 12.1 Å². The van der Waals surface area contributed by atoms with E-state index in [1.165, 1.54) is 24.5 Å². The molecule has 2 aromatic rings. The standard InChI is InChI=1S/C13H10F3N3O/c1-9(10-6-17-8-18-7-10)19-11-3-2-4-12(5-11)20-13(14,15)16/h2-8H,1H3. The van der Waals surface area contributed by atoms with Crippen molar-refractivity contribution in [2.75, 3.05) is 0 Å². The summed E-state index contributed by atoms with van der Waals surface area (Å²) >= 11 is 0. The molecular weight excluding hydrogens is 271 g/mol. The fraction of sp³-hybridized carbons (Fsp3) is 0.154. The maximum Gasteiger partial charge on any atom is 0.573 e. The number of ether oxygens (including phenoxy) is 1. The van der Waals surface area contributed by atoms with Crippen LogP contribution in [0.15, 0.2) is 48.0 Å². The van der Waals surface area contributed by atoms with Crippen molar-refractivity contribution in [3.8, 4) is 5.75 Å². The molecule has 0 saturated heterocycles. The third-order valence-corrected chi connectivity index (χ3v) is 2.33. The highest BCUT2D eigenvalue weighted by Gasteiger charge is 2.31. The number of nitrogens with zero attached hydrogens (tertiary/aromatic N) is 3. The van der Waals surface area contributed by atoms with E-state index in [1.807, 2.05) is 0 Å². The minimum absolute atomic E-state index is 0.309. The molecule has 0 N–H and O–H groups in total. The summed E-state index contributed by atoms with van der Waals surface area (Å²) < 4.78 is 40.2. The monoisotopic (exact) mass is 281 g/mol. The fourth-order valence-electron chi connectivity index (χ4n) is 1.49. The SMILES string of the molecule is CC(=Nc1cccc(OC(F)(F)F)c1)c1cncnc1. The Kier molecular flexibility index (Phi) is 3.97. The summed E-state index contributed by atoms with van der Waals surface area (Å²) in [6.07, 6.45) is -0.191. The first-order valence-electron chi connectivity index (χ1n) is 5.60. The van der Waals surface area contributed by atoms with Gasteiger partial charge in [-0.15, -0.1) is 13.2 Å². The molecule has 2 rings (SSSR count). The van der Waals surface area contributed by atoms with E-state index in [1.54, 1.807) is 25.4 Å². The van der Waals surface area contributed by atoms with Gasteiger partial charge in [0, 0.05) is 29.7 Å². The van der Waals surface area contributed by atoms with Crippen molar-refractivity contribution < 1.29 is 17.9 Å². The van der Waals surface area contributed by atoms with Crippen LogP contribution in [0.3, 0.4) is 0 Å². The number of hydrogen-bond acceptors (Lipinski definition) is 4. The van der Waals surface area contributed by atoms with Crippen molar-refractivity contribution >= 4 is 11.4 Å². The molecule has 0 amide bonds. The van der Waals surface area contributed by atoms with Crippen molar-refractivity contribution in [3.63, 3.8) is 0 Å². The fourth-order valence-corrected chi connectivity index (χ4v) is 1.49. The second-order valence-corrected chi connectivity index (χ2v) is 3.87. The van der Waals surface area contributed by atoms with Crippen molar-refractivity contribution in [3.05, 3.63) is 48.5 Å². The molecule has 1 aromatic carbocycles. The van der Waals surface area contributed by atoms with Crippen LogP contribution in [-0.2, 0) is 0 Å². The van der Waals surface area contributed by atoms with Crippen LogP contribution in [0.5, 0.6) is 5.75 Å². The average Bonchev–Trinajstić information content (AvgIpc) is 2.38. The molecule has 7 heteroatoms. The van der Waals surface area contributed by atoms with Gasteiger partial charge in [-0.25, -0.2) is 9.97 Å². The van der Waals surface area contributed by atoms with Crippen LogP contribution >= 0.6 is 0 Å². The summed E-state index contributed by atoms with van der Waals surface area (Å²) in [4.78, 5) is 11.9. The molecule has 0 spiro atoms. The van der Waals surface area contributed by atoms with E-state index in [9.17, 15) is 13.2 Å². The lowest BCUT2D eigenvalue weighted by molar-refractivity contribution is -0.274. The van der Waals surface area contributed by atoms with Crippen molar-refractivity contribution in [2.45, 2.75) is 13.3 Å². The number of aromatic nitrogens is 2. The number of aliphatic imine (C=N–C) groups is 1. The lowest BCUT2D eigenvalue weighted by Gasteiger charge is -2.09. The Hall–Kier alpha value is -2.44. The molecule has 0 atom stereocenters. The van der Waals surface area contributed by atoms with Gasteiger partial charge in [-0.05, 0) is 19.1 Å². The highest BCUT2D eigenvalue weighted by molar-refractivity contribution is 5.99. The molecule has 20 heavy (non-hydrogen) atoms. The molecule has 0 saturated carbocycles. The number of benzene rings is 1. The Bertz CT molecular complexity index is 612. The van der Waals surface area contributed by atoms with E-state index in [0.717, 1.165) is 0 Å². The smallest absolute Gasteiger partial charge is 0.406 e. The highest BCUT2D eigenvalue weighted by Crippen LogP contribution is 2.26. The molecular formula is C13H10F3N3O. The topological polar surface area (TPSA) is 47.4 Å². The first-order chi connectivity index (χ1) is 9.44. The van der Waals surface area contributed by atoms with Gasteiger partial charge in [-0.2, -0.15) is 0 Å². The highest BCUT2D eigenvalue weighted by atomic mass is 19.4. The number of halogens is 3. The number of rotatable bonds is 3. The molecule has 1 aromatic heterocycles. The molecule has 0 aliphatic rings. The van der Waals surface area contributed by atoms with Gasteiger partial charge in [-0.1, -0.05) is 6.07 Å². The molecule has 0 fully saturated rings. The molecule has 4 nitrogen and oxygen atoms in total. The molecule has 0 bridgehead atoms. The Morgan fingerprint density at radius 3 is 2.55 bits per heavy atom. The maximum atomic E-state index is 12.1. The van der Waals surface area contributed by atoms with Gasteiger partial charge in [0.2, 0.25) is 0 Å². The third kappa shape index (κ3) is 4.04. The molecule has 0 unspecified atom stereocenters. The van der Waals surface area contributed by atoms with E-state index in [0.29, 0.717) is 17.0 Å². The Morgan fingerprint density at radius 2 is 1.90 bits per heavy atom.